The van der Waals surface area contributed by atoms with Crippen molar-refractivity contribution in [1.82, 2.24) is 0 Å². The lowest BCUT2D eigenvalue weighted by Crippen LogP contribution is -2.45. The number of hydrogen-bond acceptors (Lipinski definition) is 6. The van der Waals surface area contributed by atoms with Crippen LogP contribution in [-0.2, 0) is 0 Å². The molecule has 0 radical (unpaired) electrons. The van der Waals surface area contributed by atoms with Crippen molar-refractivity contribution in [2.24, 2.45) is 5.92 Å². The fourth-order valence-corrected chi connectivity index (χ4v) is 3.76. The standard InChI is InChI=1S/C20H22O6/c1-11-18(12-6-5-7-14(22-3)19(12)23-4)13-8-16-17(25-10-24-16)9-15(13)26-20(11,2)21/h5-9,11,18,21H,10H2,1-4H3/t11-,18+,20-/m1/s1. The summed E-state index contributed by atoms with van der Waals surface area (Å²) in [6.07, 6.45) is 0. The van der Waals surface area contributed by atoms with Crippen molar-refractivity contribution in [1.29, 1.82) is 0 Å². The fourth-order valence-electron chi connectivity index (χ4n) is 3.76. The van der Waals surface area contributed by atoms with E-state index in [-0.39, 0.29) is 18.6 Å². The molecule has 26 heavy (non-hydrogen) atoms. The van der Waals surface area contributed by atoms with Crippen LogP contribution in [-0.4, -0.2) is 31.9 Å². The maximum atomic E-state index is 10.9. The Morgan fingerprint density at radius 2 is 1.77 bits per heavy atom. The highest BCUT2D eigenvalue weighted by Gasteiger charge is 2.45. The van der Waals surface area contributed by atoms with E-state index in [4.69, 9.17) is 23.7 Å². The third kappa shape index (κ3) is 2.44. The Bertz CT molecular complexity index is 844. The summed E-state index contributed by atoms with van der Waals surface area (Å²) in [5.41, 5.74) is 1.84. The third-order valence-corrected chi connectivity index (χ3v) is 5.27. The first kappa shape index (κ1) is 16.8. The molecule has 0 saturated heterocycles. The molecule has 0 amide bonds. The van der Waals surface area contributed by atoms with E-state index in [1.807, 2.05) is 31.2 Å². The summed E-state index contributed by atoms with van der Waals surface area (Å²) in [6, 6.07) is 9.45. The Kier molecular flexibility index (Phi) is 3.88. The van der Waals surface area contributed by atoms with Gasteiger partial charge < -0.3 is 28.8 Å². The molecule has 6 heteroatoms. The van der Waals surface area contributed by atoms with Gasteiger partial charge in [0.1, 0.15) is 5.75 Å². The largest absolute Gasteiger partial charge is 0.493 e. The van der Waals surface area contributed by atoms with Gasteiger partial charge in [-0.2, -0.15) is 0 Å². The predicted molar refractivity (Wildman–Crippen MR) is 94.4 cm³/mol. The molecule has 4 rings (SSSR count). The molecule has 2 aromatic carbocycles. The van der Waals surface area contributed by atoms with Crippen LogP contribution in [0.4, 0.5) is 0 Å². The summed E-state index contributed by atoms with van der Waals surface area (Å²) in [5.74, 6) is 1.40. The molecule has 0 spiro atoms. The van der Waals surface area contributed by atoms with Crippen LogP contribution in [0.2, 0.25) is 0 Å². The van der Waals surface area contributed by atoms with Gasteiger partial charge in [0.25, 0.3) is 0 Å². The number of hydrogen-bond donors (Lipinski definition) is 1. The molecule has 3 atom stereocenters. The van der Waals surface area contributed by atoms with Gasteiger partial charge in [-0.05, 0) is 12.1 Å². The van der Waals surface area contributed by atoms with Crippen LogP contribution in [0.3, 0.4) is 0 Å². The molecule has 0 bridgehead atoms. The van der Waals surface area contributed by atoms with E-state index >= 15 is 0 Å². The van der Waals surface area contributed by atoms with E-state index < -0.39 is 5.79 Å². The van der Waals surface area contributed by atoms with Crippen LogP contribution in [0.25, 0.3) is 0 Å². The molecule has 0 aliphatic carbocycles. The first-order chi connectivity index (χ1) is 12.5. The number of ether oxygens (including phenoxy) is 5. The van der Waals surface area contributed by atoms with Gasteiger partial charge in [0.2, 0.25) is 12.6 Å². The molecule has 2 aliphatic heterocycles. The van der Waals surface area contributed by atoms with E-state index in [0.717, 1.165) is 11.1 Å². The molecule has 2 aliphatic rings. The summed E-state index contributed by atoms with van der Waals surface area (Å²) in [6.45, 7) is 3.80. The second-order valence-electron chi connectivity index (χ2n) is 6.75. The van der Waals surface area contributed by atoms with Gasteiger partial charge in [-0.25, -0.2) is 0 Å². The maximum absolute atomic E-state index is 10.9. The summed E-state index contributed by atoms with van der Waals surface area (Å²) < 4.78 is 28.0. The minimum Gasteiger partial charge on any atom is -0.493 e. The lowest BCUT2D eigenvalue weighted by atomic mass is 9.75. The van der Waals surface area contributed by atoms with Gasteiger partial charge >= 0.3 is 0 Å². The average molecular weight is 358 g/mol. The molecule has 0 saturated carbocycles. The van der Waals surface area contributed by atoms with Crippen molar-refractivity contribution >= 4 is 0 Å². The number of benzene rings is 2. The summed E-state index contributed by atoms with van der Waals surface area (Å²) in [4.78, 5) is 0. The highest BCUT2D eigenvalue weighted by Crippen LogP contribution is 2.53. The zero-order valence-electron chi connectivity index (χ0n) is 15.2. The van der Waals surface area contributed by atoms with Crippen LogP contribution in [0.15, 0.2) is 30.3 Å². The highest BCUT2D eigenvalue weighted by atomic mass is 16.7. The lowest BCUT2D eigenvalue weighted by Gasteiger charge is -2.42. The number of methoxy groups -OCH3 is 2. The Morgan fingerprint density at radius 3 is 2.46 bits per heavy atom. The molecule has 6 nitrogen and oxygen atoms in total. The molecular weight excluding hydrogens is 336 g/mol. The topological polar surface area (TPSA) is 66.4 Å². The number of para-hydroxylation sites is 1. The van der Waals surface area contributed by atoms with E-state index in [0.29, 0.717) is 28.7 Å². The van der Waals surface area contributed by atoms with Crippen molar-refractivity contribution in [3.63, 3.8) is 0 Å². The summed E-state index contributed by atoms with van der Waals surface area (Å²) >= 11 is 0. The maximum Gasteiger partial charge on any atom is 0.231 e. The lowest BCUT2D eigenvalue weighted by molar-refractivity contribution is -0.171. The van der Waals surface area contributed by atoms with E-state index in [1.165, 1.54) is 0 Å². The Balaban J connectivity index is 1.94. The second kappa shape index (κ2) is 5.99. The average Bonchev–Trinajstić information content (AvgIpc) is 3.07. The second-order valence-corrected chi connectivity index (χ2v) is 6.75. The Morgan fingerprint density at radius 1 is 1.04 bits per heavy atom. The summed E-state index contributed by atoms with van der Waals surface area (Å²) in [5, 5.41) is 10.9. The first-order valence-corrected chi connectivity index (χ1v) is 8.52. The van der Waals surface area contributed by atoms with Crippen molar-refractivity contribution in [3.8, 4) is 28.7 Å². The zero-order valence-corrected chi connectivity index (χ0v) is 15.2. The third-order valence-electron chi connectivity index (χ3n) is 5.27. The predicted octanol–water partition coefficient (Wildman–Crippen LogP) is 3.30. The molecule has 0 unspecified atom stereocenters. The highest BCUT2D eigenvalue weighted by molar-refractivity contribution is 5.59. The van der Waals surface area contributed by atoms with Crippen LogP contribution >= 0.6 is 0 Å². The summed E-state index contributed by atoms with van der Waals surface area (Å²) in [7, 11) is 3.22. The van der Waals surface area contributed by atoms with Gasteiger partial charge in [-0.15, -0.1) is 0 Å². The monoisotopic (exact) mass is 358 g/mol. The van der Waals surface area contributed by atoms with Gasteiger partial charge in [-0.3, -0.25) is 0 Å². The van der Waals surface area contributed by atoms with Crippen LogP contribution in [0.5, 0.6) is 28.7 Å². The Hall–Kier alpha value is -2.60. The van der Waals surface area contributed by atoms with Crippen molar-refractivity contribution in [2.45, 2.75) is 25.6 Å². The van der Waals surface area contributed by atoms with Crippen molar-refractivity contribution in [2.75, 3.05) is 21.0 Å². The smallest absolute Gasteiger partial charge is 0.231 e. The van der Waals surface area contributed by atoms with Crippen LogP contribution in [0, 0.1) is 5.92 Å². The molecular formula is C20H22O6. The van der Waals surface area contributed by atoms with E-state index in [9.17, 15) is 5.11 Å². The minimum atomic E-state index is -1.35. The van der Waals surface area contributed by atoms with E-state index in [2.05, 4.69) is 0 Å². The van der Waals surface area contributed by atoms with Gasteiger partial charge in [0, 0.05) is 36.0 Å². The normalized spacial score (nSPS) is 26.0. The van der Waals surface area contributed by atoms with Crippen LogP contribution < -0.4 is 23.7 Å². The number of fused-ring (bicyclic) bond motifs is 2. The van der Waals surface area contributed by atoms with Crippen molar-refractivity contribution < 1.29 is 28.8 Å². The minimum absolute atomic E-state index is 0.173. The van der Waals surface area contributed by atoms with E-state index in [1.54, 1.807) is 27.2 Å². The van der Waals surface area contributed by atoms with Gasteiger partial charge in [-0.1, -0.05) is 19.1 Å². The van der Waals surface area contributed by atoms with Gasteiger partial charge in [0.15, 0.2) is 23.0 Å². The zero-order chi connectivity index (χ0) is 18.5. The molecule has 0 fully saturated rings. The fraction of sp³-hybridized carbons (Fsp3) is 0.400. The molecule has 0 aromatic heterocycles. The SMILES string of the molecule is COc1cccc([C@H]2c3cc4c(cc3O[C@@](C)(O)[C@@H]2C)OCO4)c1OC. The van der Waals surface area contributed by atoms with Crippen molar-refractivity contribution in [3.05, 3.63) is 41.5 Å². The Labute approximate surface area is 152 Å². The first-order valence-electron chi connectivity index (χ1n) is 8.52. The number of rotatable bonds is 3. The van der Waals surface area contributed by atoms with Crippen LogP contribution in [0.1, 0.15) is 30.9 Å². The molecule has 138 valence electrons. The number of aliphatic hydroxyl groups is 1. The van der Waals surface area contributed by atoms with Gasteiger partial charge in [0.05, 0.1) is 14.2 Å². The quantitative estimate of drug-likeness (QED) is 0.908. The molecule has 2 aromatic rings. The molecule has 2 heterocycles. The molecule has 1 N–H and O–H groups in total.